The number of rotatable bonds is 12. The van der Waals surface area contributed by atoms with Crippen LogP contribution in [0.15, 0.2) is 60.7 Å². The molecule has 0 spiro atoms. The molecule has 5 aromatic rings. The Balaban J connectivity index is 1.18. The summed E-state index contributed by atoms with van der Waals surface area (Å²) in [6, 6.07) is 17.4. The van der Waals surface area contributed by atoms with E-state index >= 15 is 17.6 Å². The molecule has 5 heterocycles. The van der Waals surface area contributed by atoms with Gasteiger partial charge in [0.15, 0.2) is 5.82 Å². The van der Waals surface area contributed by atoms with Gasteiger partial charge in [-0.15, -0.1) is 0 Å². The first-order valence-electron chi connectivity index (χ1n) is 20.9. The van der Waals surface area contributed by atoms with Crippen molar-refractivity contribution in [3.05, 3.63) is 93.8 Å². The van der Waals surface area contributed by atoms with Crippen LogP contribution in [0.3, 0.4) is 0 Å². The van der Waals surface area contributed by atoms with Gasteiger partial charge in [-0.2, -0.15) is 23.1 Å². The summed E-state index contributed by atoms with van der Waals surface area (Å²) in [7, 11) is 3.13. The number of hydrogen-bond acceptors (Lipinski definition) is 9. The lowest BCUT2D eigenvalue weighted by Crippen LogP contribution is -2.43. The molecule has 9 rings (SSSR count). The van der Waals surface area contributed by atoms with Crippen molar-refractivity contribution in [3.8, 4) is 28.8 Å². The zero-order valence-electron chi connectivity index (χ0n) is 34.4. The van der Waals surface area contributed by atoms with Crippen LogP contribution >= 0.6 is 11.6 Å². The molecule has 3 aromatic carbocycles. The highest BCUT2D eigenvalue weighted by Crippen LogP contribution is 2.47. The van der Waals surface area contributed by atoms with Crippen LogP contribution in [0.5, 0.6) is 17.5 Å². The monoisotopic (exact) mass is 862 g/mol. The van der Waals surface area contributed by atoms with Gasteiger partial charge in [0.1, 0.15) is 41.4 Å². The largest absolute Gasteiger partial charge is 0.497 e. The van der Waals surface area contributed by atoms with Crippen LogP contribution in [-0.4, -0.2) is 78.6 Å². The molecule has 2 bridgehead atoms. The molecule has 4 fully saturated rings. The lowest BCUT2D eigenvalue weighted by molar-refractivity contribution is -0.137. The Morgan fingerprint density at radius 3 is 2.13 bits per heavy atom. The molecule has 15 heteroatoms. The predicted molar refractivity (Wildman–Crippen MR) is 225 cm³/mol. The van der Waals surface area contributed by atoms with Gasteiger partial charge in [-0.3, -0.25) is 4.90 Å². The van der Waals surface area contributed by atoms with Gasteiger partial charge < -0.3 is 24.0 Å². The van der Waals surface area contributed by atoms with Crippen molar-refractivity contribution in [3.63, 3.8) is 0 Å². The fourth-order valence-corrected chi connectivity index (χ4v) is 10.5. The van der Waals surface area contributed by atoms with E-state index in [0.717, 1.165) is 49.8 Å². The molecule has 2 unspecified atom stereocenters. The Kier molecular flexibility index (Phi) is 11.1. The van der Waals surface area contributed by atoms with E-state index in [0.29, 0.717) is 55.2 Å². The summed E-state index contributed by atoms with van der Waals surface area (Å²) in [5.74, 6) is 1.70. The number of benzene rings is 3. The van der Waals surface area contributed by atoms with E-state index in [1.165, 1.54) is 19.1 Å². The maximum atomic E-state index is 17.6. The second-order valence-electron chi connectivity index (χ2n) is 17.2. The summed E-state index contributed by atoms with van der Waals surface area (Å²) in [5.41, 5.74) is -1.51. The van der Waals surface area contributed by atoms with Gasteiger partial charge in [-0.05, 0) is 110 Å². The first kappa shape index (κ1) is 41.4. The van der Waals surface area contributed by atoms with Crippen LogP contribution in [-0.2, 0) is 19.3 Å². The molecule has 0 amide bonds. The molecule has 4 atom stereocenters. The van der Waals surface area contributed by atoms with Gasteiger partial charge in [-0.1, -0.05) is 35.9 Å². The van der Waals surface area contributed by atoms with Crippen LogP contribution in [0.1, 0.15) is 60.8 Å². The third-order valence-corrected chi connectivity index (χ3v) is 13.4. The number of nitrogens with zero attached hydrogens (tertiary/aromatic N) is 6. The standard InChI is InChI=1S/C46H48ClF5N6O3/c1-27-17-37(56(21-28-7-11-33(59-2)12-8-28)22-29-9-13-34(60-3)14-10-29)53-42(39(27)46(50,51)52)38-36(47)19-35-41(40(38)49)54-44(55-43(35)57-23-30-5-6-31(18-30)24-57)61-26-45-15-4-16-58(45)25-32(48)20-45/h7-14,17,19,30-32H,4-6,15-16,18,20-26H2,1-3H3/t30?,31?,32-,45+/m1/s1. The molecule has 322 valence electrons. The third-order valence-electron chi connectivity index (χ3n) is 13.1. The first-order valence-corrected chi connectivity index (χ1v) is 21.2. The van der Waals surface area contributed by atoms with Crippen molar-refractivity contribution in [2.24, 2.45) is 11.8 Å². The van der Waals surface area contributed by atoms with E-state index in [2.05, 4.69) is 19.8 Å². The van der Waals surface area contributed by atoms with Gasteiger partial charge >= 0.3 is 12.2 Å². The number of methoxy groups -OCH3 is 2. The molecule has 3 aliphatic heterocycles. The molecule has 2 aromatic heterocycles. The number of pyridine rings is 1. The number of hydrogen-bond donors (Lipinski definition) is 0. The van der Waals surface area contributed by atoms with Gasteiger partial charge in [0.05, 0.1) is 41.6 Å². The topological polar surface area (TPSA) is 76.1 Å². The number of fused-ring (bicyclic) bond motifs is 4. The highest BCUT2D eigenvalue weighted by atomic mass is 35.5. The normalized spacial score (nSPS) is 22.5. The summed E-state index contributed by atoms with van der Waals surface area (Å²) >= 11 is 6.98. The molecule has 0 N–H and O–H groups in total. The van der Waals surface area contributed by atoms with Crippen molar-refractivity contribution in [2.75, 3.05) is 56.8 Å². The van der Waals surface area contributed by atoms with Crippen LogP contribution < -0.4 is 24.0 Å². The second-order valence-corrected chi connectivity index (χ2v) is 17.6. The lowest BCUT2D eigenvalue weighted by atomic mass is 9.95. The van der Waals surface area contributed by atoms with Crippen LogP contribution in [0.2, 0.25) is 5.02 Å². The summed E-state index contributed by atoms with van der Waals surface area (Å²) in [4.78, 5) is 20.1. The summed E-state index contributed by atoms with van der Waals surface area (Å²) in [5, 5.41) is 0.0163. The zero-order valence-corrected chi connectivity index (χ0v) is 35.1. The molecule has 61 heavy (non-hydrogen) atoms. The average Bonchev–Trinajstić information content (AvgIpc) is 3.89. The summed E-state index contributed by atoms with van der Waals surface area (Å²) in [6.07, 6.45) is -0.707. The Hall–Kier alpha value is -4.95. The number of aryl methyl sites for hydroxylation is 1. The van der Waals surface area contributed by atoms with E-state index in [-0.39, 0.29) is 53.0 Å². The smallest absolute Gasteiger partial charge is 0.418 e. The van der Waals surface area contributed by atoms with Crippen molar-refractivity contribution in [1.82, 2.24) is 19.9 Å². The fraction of sp³-hybridized carbons (Fsp3) is 0.457. The minimum atomic E-state index is -4.92. The lowest BCUT2D eigenvalue weighted by Gasteiger charge is -2.34. The quantitative estimate of drug-likeness (QED) is 0.114. The minimum Gasteiger partial charge on any atom is -0.497 e. The molecule has 9 nitrogen and oxygen atoms in total. The van der Waals surface area contributed by atoms with E-state index in [1.54, 1.807) is 38.5 Å². The number of aromatic nitrogens is 3. The van der Waals surface area contributed by atoms with E-state index in [1.807, 2.05) is 29.2 Å². The zero-order chi connectivity index (χ0) is 42.6. The van der Waals surface area contributed by atoms with E-state index < -0.39 is 40.5 Å². The Morgan fingerprint density at radius 2 is 1.52 bits per heavy atom. The first-order chi connectivity index (χ1) is 29.3. The van der Waals surface area contributed by atoms with Crippen molar-refractivity contribution in [2.45, 2.75) is 76.4 Å². The second kappa shape index (κ2) is 16.4. The van der Waals surface area contributed by atoms with Gasteiger partial charge in [0.2, 0.25) is 0 Å². The number of piperidine rings is 1. The molecule has 3 saturated heterocycles. The summed E-state index contributed by atoms with van der Waals surface area (Å²) < 4.78 is 95.1. The fourth-order valence-electron chi connectivity index (χ4n) is 10.2. The predicted octanol–water partition coefficient (Wildman–Crippen LogP) is 10.2. The van der Waals surface area contributed by atoms with Crippen molar-refractivity contribution < 1.29 is 36.2 Å². The number of ether oxygens (including phenoxy) is 3. The molecule has 1 saturated carbocycles. The SMILES string of the molecule is COc1ccc(CN(Cc2ccc(OC)cc2)c2cc(C)c(C(F)(F)F)c(-c3c(Cl)cc4c(N5CC6CCC(C6)C5)nc(OC[C@@]56CCCN5C[C@H](F)C6)nc4c3F)n2)cc1. The molecular formula is C46H48ClF5N6O3. The van der Waals surface area contributed by atoms with E-state index in [4.69, 9.17) is 30.8 Å². The Morgan fingerprint density at radius 1 is 0.885 bits per heavy atom. The van der Waals surface area contributed by atoms with Gasteiger partial charge in [-0.25, -0.2) is 13.8 Å². The van der Waals surface area contributed by atoms with Crippen molar-refractivity contribution >= 4 is 34.1 Å². The minimum absolute atomic E-state index is 0.102. The van der Waals surface area contributed by atoms with Gasteiger partial charge in [0.25, 0.3) is 0 Å². The number of alkyl halides is 4. The summed E-state index contributed by atoms with van der Waals surface area (Å²) in [6.45, 7) is 4.39. The Bertz CT molecular complexity index is 2360. The van der Waals surface area contributed by atoms with Gasteiger partial charge in [0, 0.05) is 44.5 Å². The number of halogens is 6. The molecule has 4 aliphatic rings. The molecule has 1 aliphatic carbocycles. The third kappa shape index (κ3) is 8.13. The highest BCUT2D eigenvalue weighted by Gasteiger charge is 2.49. The maximum absolute atomic E-state index is 17.6. The highest BCUT2D eigenvalue weighted by molar-refractivity contribution is 6.34. The average molecular weight is 863 g/mol. The molecular weight excluding hydrogens is 815 g/mol. The van der Waals surface area contributed by atoms with Crippen LogP contribution in [0.25, 0.3) is 22.2 Å². The number of anilines is 2. The van der Waals surface area contributed by atoms with Crippen LogP contribution in [0, 0.1) is 24.6 Å². The van der Waals surface area contributed by atoms with E-state index in [9.17, 15) is 4.39 Å². The van der Waals surface area contributed by atoms with Crippen molar-refractivity contribution in [1.29, 1.82) is 0 Å². The molecule has 0 radical (unpaired) electrons. The van der Waals surface area contributed by atoms with Crippen LogP contribution in [0.4, 0.5) is 33.6 Å². The Labute approximate surface area is 356 Å². The maximum Gasteiger partial charge on any atom is 0.418 e.